The molecule has 6 heteroatoms. The summed E-state index contributed by atoms with van der Waals surface area (Å²) in [5, 5.41) is 15.6. The molecular formula is C24H26N2O4. The number of fused-ring (bicyclic) bond motifs is 2. The summed E-state index contributed by atoms with van der Waals surface area (Å²) in [7, 11) is 2.22. The van der Waals surface area contributed by atoms with Gasteiger partial charge in [-0.15, -0.1) is 0 Å². The summed E-state index contributed by atoms with van der Waals surface area (Å²) < 4.78 is 0. The number of carboxylic acids is 2. The number of aliphatic carboxylic acids is 2. The number of aryl methyl sites for hydroxylation is 2. The summed E-state index contributed by atoms with van der Waals surface area (Å²) in [6, 6.07) is 13.2. The molecule has 30 heavy (non-hydrogen) atoms. The quantitative estimate of drug-likeness (QED) is 0.743. The molecule has 6 nitrogen and oxygen atoms in total. The Hall–Kier alpha value is -3.25. The average Bonchev–Trinajstić information content (AvgIpc) is 2.90. The average molecular weight is 406 g/mol. The van der Waals surface area contributed by atoms with Crippen LogP contribution in [-0.4, -0.2) is 52.2 Å². The number of benzene rings is 1. The maximum atomic E-state index is 9.55. The van der Waals surface area contributed by atoms with Gasteiger partial charge in [-0.3, -0.25) is 4.98 Å². The van der Waals surface area contributed by atoms with Gasteiger partial charge in [0.15, 0.2) is 0 Å². The number of hydrogen-bond donors (Lipinski definition) is 2. The third-order valence-corrected chi connectivity index (χ3v) is 5.39. The number of aromatic nitrogens is 1. The molecule has 4 rings (SSSR count). The third-order valence-electron chi connectivity index (χ3n) is 5.39. The molecule has 2 aliphatic rings. The van der Waals surface area contributed by atoms with Crippen molar-refractivity contribution in [1.82, 2.24) is 9.88 Å². The Morgan fingerprint density at radius 2 is 1.50 bits per heavy atom. The molecule has 0 radical (unpaired) electrons. The van der Waals surface area contributed by atoms with E-state index in [1.165, 1.54) is 28.0 Å². The van der Waals surface area contributed by atoms with Crippen LogP contribution in [0.2, 0.25) is 0 Å². The zero-order chi connectivity index (χ0) is 21.5. The van der Waals surface area contributed by atoms with Gasteiger partial charge in [-0.1, -0.05) is 35.9 Å². The number of piperidine rings is 1. The number of likely N-dealkylation sites (tertiary alicyclic amines) is 1. The Morgan fingerprint density at radius 1 is 0.900 bits per heavy atom. The zero-order valence-electron chi connectivity index (χ0n) is 17.0. The summed E-state index contributed by atoms with van der Waals surface area (Å²) in [6.45, 7) is 2.31. The molecule has 1 aromatic carbocycles. The van der Waals surface area contributed by atoms with Crippen LogP contribution in [0.5, 0.6) is 0 Å². The second kappa shape index (κ2) is 9.98. The molecule has 1 fully saturated rings. The van der Waals surface area contributed by atoms with Crippen molar-refractivity contribution in [2.24, 2.45) is 0 Å². The van der Waals surface area contributed by atoms with E-state index in [9.17, 15) is 9.59 Å². The SMILES string of the molecule is CN1CCC(=C2c3ccccc3CCc3cccnc32)CC1.O=C(O)/C=C\C(=O)O. The van der Waals surface area contributed by atoms with Crippen LogP contribution in [0.15, 0.2) is 60.3 Å². The van der Waals surface area contributed by atoms with Gasteiger partial charge in [-0.2, -0.15) is 0 Å². The van der Waals surface area contributed by atoms with Crippen molar-refractivity contribution in [3.63, 3.8) is 0 Å². The lowest BCUT2D eigenvalue weighted by Crippen LogP contribution is -2.27. The van der Waals surface area contributed by atoms with Gasteiger partial charge in [0.05, 0.1) is 5.69 Å². The molecule has 0 unspecified atom stereocenters. The Labute approximate surface area is 176 Å². The van der Waals surface area contributed by atoms with Crippen LogP contribution < -0.4 is 0 Å². The topological polar surface area (TPSA) is 90.7 Å². The van der Waals surface area contributed by atoms with Crippen LogP contribution in [-0.2, 0) is 22.4 Å². The van der Waals surface area contributed by atoms with E-state index in [0.717, 1.165) is 38.8 Å². The minimum absolute atomic E-state index is 0.558. The predicted octanol–water partition coefficient (Wildman–Crippen LogP) is 3.42. The number of carbonyl (C=O) groups is 2. The Kier molecular flexibility index (Phi) is 7.14. The Balaban J connectivity index is 0.000000275. The van der Waals surface area contributed by atoms with Gasteiger partial charge < -0.3 is 15.1 Å². The van der Waals surface area contributed by atoms with Gasteiger partial charge in [0.25, 0.3) is 0 Å². The molecule has 2 aromatic rings. The van der Waals surface area contributed by atoms with Gasteiger partial charge in [-0.05, 0) is 55.5 Å². The van der Waals surface area contributed by atoms with E-state index >= 15 is 0 Å². The monoisotopic (exact) mass is 406 g/mol. The fourth-order valence-electron chi connectivity index (χ4n) is 3.88. The van der Waals surface area contributed by atoms with Crippen molar-refractivity contribution < 1.29 is 19.8 Å². The molecule has 0 spiro atoms. The van der Waals surface area contributed by atoms with Crippen LogP contribution in [0, 0.1) is 0 Å². The predicted molar refractivity (Wildman–Crippen MR) is 115 cm³/mol. The minimum Gasteiger partial charge on any atom is -0.478 e. The van der Waals surface area contributed by atoms with Gasteiger partial charge in [-0.25, -0.2) is 9.59 Å². The summed E-state index contributed by atoms with van der Waals surface area (Å²) in [5.74, 6) is -2.51. The maximum Gasteiger partial charge on any atom is 0.328 e. The van der Waals surface area contributed by atoms with E-state index < -0.39 is 11.9 Å². The van der Waals surface area contributed by atoms with Gasteiger partial charge in [0.2, 0.25) is 0 Å². The first-order valence-corrected chi connectivity index (χ1v) is 10.0. The molecule has 1 aliphatic heterocycles. The van der Waals surface area contributed by atoms with Crippen LogP contribution in [0.4, 0.5) is 0 Å². The Bertz CT molecular complexity index is 919. The molecule has 1 aliphatic carbocycles. The highest BCUT2D eigenvalue weighted by Crippen LogP contribution is 2.37. The number of carboxylic acid groups (broad SMARTS) is 2. The van der Waals surface area contributed by atoms with Crippen molar-refractivity contribution in [3.8, 4) is 0 Å². The van der Waals surface area contributed by atoms with Gasteiger partial charge in [0.1, 0.15) is 0 Å². The molecule has 2 heterocycles. The second-order valence-electron chi connectivity index (χ2n) is 7.46. The van der Waals surface area contributed by atoms with Crippen LogP contribution in [0.1, 0.15) is 35.2 Å². The molecule has 0 saturated carbocycles. The van der Waals surface area contributed by atoms with Crippen LogP contribution in [0.3, 0.4) is 0 Å². The van der Waals surface area contributed by atoms with Crippen molar-refractivity contribution in [1.29, 1.82) is 0 Å². The number of nitrogens with zero attached hydrogens (tertiary/aromatic N) is 2. The first kappa shape index (κ1) is 21.5. The minimum atomic E-state index is -1.26. The highest BCUT2D eigenvalue weighted by Gasteiger charge is 2.23. The normalized spacial score (nSPS) is 16.2. The van der Waals surface area contributed by atoms with Crippen LogP contribution in [0.25, 0.3) is 5.57 Å². The van der Waals surface area contributed by atoms with E-state index in [1.54, 1.807) is 5.57 Å². The second-order valence-corrected chi connectivity index (χ2v) is 7.46. The lowest BCUT2D eigenvalue weighted by Gasteiger charge is -2.27. The fourth-order valence-corrected chi connectivity index (χ4v) is 3.88. The molecule has 0 amide bonds. The summed E-state index contributed by atoms with van der Waals surface area (Å²) in [5.41, 5.74) is 8.54. The largest absolute Gasteiger partial charge is 0.478 e. The first-order valence-electron chi connectivity index (χ1n) is 10.0. The van der Waals surface area contributed by atoms with E-state index in [1.807, 2.05) is 6.20 Å². The van der Waals surface area contributed by atoms with Gasteiger partial charge in [0, 0.05) is 37.0 Å². The van der Waals surface area contributed by atoms with E-state index in [0.29, 0.717) is 12.2 Å². The summed E-state index contributed by atoms with van der Waals surface area (Å²) >= 11 is 0. The maximum absolute atomic E-state index is 9.55. The lowest BCUT2D eigenvalue weighted by molar-refractivity contribution is -0.134. The summed E-state index contributed by atoms with van der Waals surface area (Å²) in [4.78, 5) is 26.3. The highest BCUT2D eigenvalue weighted by atomic mass is 16.4. The fraction of sp³-hybridized carbons (Fsp3) is 0.292. The molecule has 2 N–H and O–H groups in total. The number of hydrogen-bond acceptors (Lipinski definition) is 4. The molecule has 0 bridgehead atoms. The zero-order valence-corrected chi connectivity index (χ0v) is 17.0. The van der Waals surface area contributed by atoms with Crippen molar-refractivity contribution >= 4 is 17.5 Å². The molecule has 0 atom stereocenters. The number of pyridine rings is 1. The molecule has 156 valence electrons. The molecule has 1 aromatic heterocycles. The van der Waals surface area contributed by atoms with E-state index in [2.05, 4.69) is 48.3 Å². The van der Waals surface area contributed by atoms with Crippen LogP contribution >= 0.6 is 0 Å². The van der Waals surface area contributed by atoms with Crippen molar-refractivity contribution in [2.45, 2.75) is 25.7 Å². The van der Waals surface area contributed by atoms with E-state index in [-0.39, 0.29) is 0 Å². The molecular weight excluding hydrogens is 380 g/mol. The highest BCUT2D eigenvalue weighted by molar-refractivity contribution is 5.89. The molecule has 1 saturated heterocycles. The third kappa shape index (κ3) is 5.42. The summed E-state index contributed by atoms with van der Waals surface area (Å²) in [6.07, 6.45) is 7.60. The smallest absolute Gasteiger partial charge is 0.328 e. The standard InChI is InChI=1S/C20H22N2.C4H4O4/c1-22-13-10-16(11-14-22)19-18-7-3-2-5-15(18)8-9-17-6-4-12-21-20(17)19;5-3(6)1-2-4(7)8/h2-7,12H,8-11,13-14H2,1H3;1-2H,(H,5,6)(H,7,8)/b;2-1-. The van der Waals surface area contributed by atoms with Crippen molar-refractivity contribution in [3.05, 3.63) is 82.7 Å². The van der Waals surface area contributed by atoms with Crippen molar-refractivity contribution in [2.75, 3.05) is 20.1 Å². The lowest BCUT2D eigenvalue weighted by atomic mass is 9.89. The Morgan fingerprint density at radius 3 is 2.17 bits per heavy atom. The van der Waals surface area contributed by atoms with E-state index in [4.69, 9.17) is 15.2 Å². The number of rotatable bonds is 2. The first-order chi connectivity index (χ1) is 14.5. The van der Waals surface area contributed by atoms with Gasteiger partial charge >= 0.3 is 11.9 Å².